The Kier molecular flexibility index (Phi) is 3.40. The minimum Gasteiger partial charge on any atom is -0.269 e. The molecule has 0 spiro atoms. The summed E-state index contributed by atoms with van der Waals surface area (Å²) in [6, 6.07) is 2.84. The van der Waals surface area contributed by atoms with Crippen LogP contribution in [0.3, 0.4) is 0 Å². The van der Waals surface area contributed by atoms with Crippen LogP contribution in [-0.2, 0) is 4.79 Å². The van der Waals surface area contributed by atoms with Gasteiger partial charge in [-0.1, -0.05) is 25.3 Å². The number of hydrogen-bond acceptors (Lipinski definition) is 1. The van der Waals surface area contributed by atoms with Crippen LogP contribution in [-0.4, -0.2) is 17.4 Å². The zero-order chi connectivity index (χ0) is 8.81. The molecule has 2 nitrogen and oxygen atoms in total. The summed E-state index contributed by atoms with van der Waals surface area (Å²) in [7, 11) is 0. The van der Waals surface area contributed by atoms with Crippen molar-refractivity contribution in [3.63, 3.8) is 0 Å². The predicted molar refractivity (Wildman–Crippen MR) is 48.2 cm³/mol. The molecular weight excluding hydrogens is 150 g/mol. The molecule has 0 atom stereocenters. The highest BCUT2D eigenvalue weighted by Gasteiger charge is 2.07. The van der Waals surface area contributed by atoms with Gasteiger partial charge in [0.15, 0.2) is 0 Å². The number of hydrogen-bond donors (Lipinski definition) is 0. The fourth-order valence-electron chi connectivity index (χ4n) is 0.987. The van der Waals surface area contributed by atoms with Gasteiger partial charge < -0.3 is 0 Å². The minimum atomic E-state index is 0.0217. The van der Waals surface area contributed by atoms with E-state index in [1.54, 1.807) is 17.1 Å². The van der Waals surface area contributed by atoms with E-state index in [4.69, 9.17) is 0 Å². The van der Waals surface area contributed by atoms with Crippen molar-refractivity contribution < 1.29 is 4.79 Å². The van der Waals surface area contributed by atoms with Gasteiger partial charge in [-0.05, 0) is 6.42 Å². The van der Waals surface area contributed by atoms with E-state index >= 15 is 0 Å². The Bertz CT molecular complexity index is 244. The maximum atomic E-state index is 11.3. The number of nitrogens with zero attached hydrogens (tertiary/aromatic N) is 1. The maximum Gasteiger partial charge on any atom is 0.257 e. The molecule has 0 bridgehead atoms. The van der Waals surface area contributed by atoms with Gasteiger partial charge in [0.25, 0.3) is 5.91 Å². The van der Waals surface area contributed by atoms with Crippen LogP contribution >= 0.6 is 0 Å². The summed E-state index contributed by atoms with van der Waals surface area (Å²) in [6.07, 6.45) is 6.20. The summed E-state index contributed by atoms with van der Waals surface area (Å²) in [5.41, 5.74) is 0. The summed E-state index contributed by atoms with van der Waals surface area (Å²) in [4.78, 5) is 12.8. The monoisotopic (exact) mass is 163 g/mol. The van der Waals surface area contributed by atoms with Gasteiger partial charge in [0, 0.05) is 25.1 Å². The maximum absolute atomic E-state index is 11.3. The number of allylic oxidation sites excluding steroid dienone is 1. The Hall–Kier alpha value is -1.23. The standard InChI is InChI=1S/C10H13NO/c1-2-3-8-11-9-6-4-5-7-10(11)12/h5,7H,2-4,8H2,1H3. The molecule has 1 rings (SSSR count). The normalized spacial score (nSPS) is 15.4. The molecule has 1 heterocycles. The van der Waals surface area contributed by atoms with E-state index in [0.717, 1.165) is 19.4 Å². The van der Waals surface area contributed by atoms with Crippen LogP contribution in [0.1, 0.15) is 26.2 Å². The summed E-state index contributed by atoms with van der Waals surface area (Å²) < 4.78 is 0. The molecule has 0 radical (unpaired) electrons. The van der Waals surface area contributed by atoms with Crippen molar-refractivity contribution in [2.45, 2.75) is 26.2 Å². The third-order valence-electron chi connectivity index (χ3n) is 1.70. The van der Waals surface area contributed by atoms with Gasteiger partial charge in [0.05, 0.1) is 0 Å². The van der Waals surface area contributed by atoms with Crippen molar-refractivity contribution in [1.82, 2.24) is 4.90 Å². The van der Waals surface area contributed by atoms with Crippen molar-refractivity contribution in [1.29, 1.82) is 0 Å². The lowest BCUT2D eigenvalue weighted by molar-refractivity contribution is -0.123. The Morgan fingerprint density at radius 3 is 3.25 bits per heavy atom. The number of carbonyl (C=O) groups is 1. The quantitative estimate of drug-likeness (QED) is 0.578. The zero-order valence-corrected chi connectivity index (χ0v) is 7.34. The second kappa shape index (κ2) is 4.61. The Morgan fingerprint density at radius 1 is 1.67 bits per heavy atom. The predicted octanol–water partition coefficient (Wildman–Crippen LogP) is 1.54. The molecule has 0 aromatic heterocycles. The molecule has 0 aromatic carbocycles. The fourth-order valence-corrected chi connectivity index (χ4v) is 0.987. The topological polar surface area (TPSA) is 20.3 Å². The smallest absolute Gasteiger partial charge is 0.257 e. The van der Waals surface area contributed by atoms with E-state index in [0.29, 0.717) is 6.42 Å². The second-order valence-electron chi connectivity index (χ2n) is 2.74. The van der Waals surface area contributed by atoms with Crippen LogP contribution in [0.15, 0.2) is 12.2 Å². The molecular formula is C10H13NO. The summed E-state index contributed by atoms with van der Waals surface area (Å²) in [5.74, 6) is 2.93. The molecule has 1 amide bonds. The van der Waals surface area contributed by atoms with Crippen LogP contribution in [0.5, 0.6) is 0 Å². The summed E-state index contributed by atoms with van der Waals surface area (Å²) >= 11 is 0. The fraction of sp³-hybridized carbons (Fsp3) is 0.500. The van der Waals surface area contributed by atoms with E-state index < -0.39 is 0 Å². The van der Waals surface area contributed by atoms with Gasteiger partial charge in [-0.25, -0.2) is 0 Å². The molecule has 0 fully saturated rings. The third-order valence-corrected chi connectivity index (χ3v) is 1.70. The van der Waals surface area contributed by atoms with Crippen LogP contribution in [0.25, 0.3) is 0 Å². The average Bonchev–Trinajstić information content (AvgIpc) is 2.27. The number of amides is 1. The second-order valence-corrected chi connectivity index (χ2v) is 2.74. The molecule has 0 aromatic rings. The molecule has 1 aliphatic rings. The minimum absolute atomic E-state index is 0.0217. The highest BCUT2D eigenvalue weighted by molar-refractivity contribution is 5.89. The van der Waals surface area contributed by atoms with Crippen molar-refractivity contribution in [2.75, 3.05) is 6.54 Å². The lowest BCUT2D eigenvalue weighted by Gasteiger charge is -2.11. The highest BCUT2D eigenvalue weighted by Crippen LogP contribution is 1.98. The van der Waals surface area contributed by atoms with Gasteiger partial charge in [-0.2, -0.15) is 0 Å². The van der Waals surface area contributed by atoms with Gasteiger partial charge in [0.1, 0.15) is 0 Å². The van der Waals surface area contributed by atoms with Crippen molar-refractivity contribution >= 4 is 5.91 Å². The van der Waals surface area contributed by atoms with Crippen LogP contribution in [0, 0.1) is 12.0 Å². The Morgan fingerprint density at radius 2 is 2.50 bits per heavy atom. The Balaban J connectivity index is 2.53. The highest BCUT2D eigenvalue weighted by atomic mass is 16.2. The first-order valence-electron chi connectivity index (χ1n) is 4.31. The average molecular weight is 163 g/mol. The van der Waals surface area contributed by atoms with Gasteiger partial charge >= 0.3 is 0 Å². The van der Waals surface area contributed by atoms with Crippen molar-refractivity contribution in [3.05, 3.63) is 12.2 Å². The van der Waals surface area contributed by atoms with E-state index in [-0.39, 0.29) is 5.91 Å². The first-order valence-corrected chi connectivity index (χ1v) is 4.31. The van der Waals surface area contributed by atoms with E-state index in [9.17, 15) is 4.79 Å². The SMILES string of the molecule is CCCCN1C#CCC=CC1=O. The molecule has 1 aliphatic heterocycles. The van der Waals surface area contributed by atoms with Gasteiger partial charge in [-0.15, -0.1) is 0 Å². The molecule has 0 unspecified atom stereocenters. The number of carbonyl (C=O) groups excluding carboxylic acids is 1. The van der Waals surface area contributed by atoms with E-state index in [2.05, 4.69) is 18.9 Å². The Labute approximate surface area is 73.2 Å². The van der Waals surface area contributed by atoms with E-state index in [1.807, 2.05) is 0 Å². The molecule has 0 saturated heterocycles. The summed E-state index contributed by atoms with van der Waals surface area (Å²) in [5, 5.41) is 0. The zero-order valence-electron chi connectivity index (χ0n) is 7.34. The first-order chi connectivity index (χ1) is 5.84. The first kappa shape index (κ1) is 8.86. The van der Waals surface area contributed by atoms with Gasteiger partial charge in [0.2, 0.25) is 0 Å². The number of unbranched alkanes of at least 4 members (excludes halogenated alkanes) is 1. The molecule has 0 aliphatic carbocycles. The molecule has 64 valence electrons. The lowest BCUT2D eigenvalue weighted by Crippen LogP contribution is -2.24. The lowest BCUT2D eigenvalue weighted by atomic mass is 10.3. The van der Waals surface area contributed by atoms with Gasteiger partial charge in [-0.3, -0.25) is 9.69 Å². The van der Waals surface area contributed by atoms with Crippen LogP contribution < -0.4 is 0 Å². The molecule has 2 heteroatoms. The summed E-state index contributed by atoms with van der Waals surface area (Å²) in [6.45, 7) is 2.86. The van der Waals surface area contributed by atoms with Crippen molar-refractivity contribution in [2.24, 2.45) is 0 Å². The molecule has 12 heavy (non-hydrogen) atoms. The third kappa shape index (κ3) is 2.43. The number of rotatable bonds is 3. The largest absolute Gasteiger partial charge is 0.269 e. The van der Waals surface area contributed by atoms with Crippen LogP contribution in [0.2, 0.25) is 0 Å². The molecule has 0 N–H and O–H groups in total. The van der Waals surface area contributed by atoms with Crippen molar-refractivity contribution in [3.8, 4) is 12.0 Å². The van der Waals surface area contributed by atoms with E-state index in [1.165, 1.54) is 0 Å². The molecule has 0 saturated carbocycles. The van der Waals surface area contributed by atoms with Crippen LogP contribution in [0.4, 0.5) is 0 Å².